The van der Waals surface area contributed by atoms with Gasteiger partial charge in [0.25, 0.3) is 0 Å². The first kappa shape index (κ1) is 20.9. The molecule has 0 radical (unpaired) electrons. The number of hydrogen-bond acceptors (Lipinski definition) is 8. The van der Waals surface area contributed by atoms with Gasteiger partial charge < -0.3 is 24.3 Å². The van der Waals surface area contributed by atoms with Gasteiger partial charge in [0.15, 0.2) is 11.9 Å². The summed E-state index contributed by atoms with van der Waals surface area (Å²) in [5.41, 5.74) is -0.642. The molecular formula is C21H34N2O7. The molecule has 1 spiro atoms. The van der Waals surface area contributed by atoms with Crippen molar-refractivity contribution >= 4 is 6.09 Å². The minimum absolute atomic E-state index is 0.0277. The van der Waals surface area contributed by atoms with Crippen molar-refractivity contribution in [3.63, 3.8) is 0 Å². The van der Waals surface area contributed by atoms with Crippen LogP contribution in [0.3, 0.4) is 0 Å². The van der Waals surface area contributed by atoms with Gasteiger partial charge in [0, 0.05) is 31.3 Å². The lowest BCUT2D eigenvalue weighted by atomic mass is 9.58. The molecule has 1 amide bonds. The average Bonchev–Trinajstić information content (AvgIpc) is 2.97. The highest BCUT2D eigenvalue weighted by Crippen LogP contribution is 2.60. The molecule has 8 atom stereocenters. The van der Waals surface area contributed by atoms with Gasteiger partial charge in [-0.15, -0.1) is 0 Å². The lowest BCUT2D eigenvalue weighted by Crippen LogP contribution is -2.70. The second-order valence-electron chi connectivity index (χ2n) is 9.74. The fourth-order valence-corrected chi connectivity index (χ4v) is 6.09. The monoisotopic (exact) mass is 426 g/mol. The predicted octanol–water partition coefficient (Wildman–Crippen LogP) is 2.21. The fraction of sp³-hybridized carbons (Fsp3) is 0.952. The lowest BCUT2D eigenvalue weighted by molar-refractivity contribution is -0.576. The summed E-state index contributed by atoms with van der Waals surface area (Å²) in [7, 11) is 0. The third kappa shape index (κ3) is 3.43. The van der Waals surface area contributed by atoms with Gasteiger partial charge in [-0.05, 0) is 38.0 Å². The zero-order valence-corrected chi connectivity index (χ0v) is 18.1. The van der Waals surface area contributed by atoms with Crippen LogP contribution in [0.25, 0.3) is 0 Å². The molecule has 1 aliphatic carbocycles. The first-order chi connectivity index (χ1) is 14.4. The third-order valence-corrected chi connectivity index (χ3v) is 7.87. The van der Waals surface area contributed by atoms with Gasteiger partial charge in [0.1, 0.15) is 0 Å². The molecule has 5 saturated heterocycles. The van der Waals surface area contributed by atoms with E-state index in [1.54, 1.807) is 0 Å². The summed E-state index contributed by atoms with van der Waals surface area (Å²) in [5.74, 6) is 0.0733. The van der Waals surface area contributed by atoms with E-state index in [1.807, 2.05) is 6.92 Å². The highest BCUT2D eigenvalue weighted by Gasteiger charge is 2.69. The summed E-state index contributed by atoms with van der Waals surface area (Å²) >= 11 is 0. The van der Waals surface area contributed by atoms with Crippen molar-refractivity contribution in [2.75, 3.05) is 33.0 Å². The summed E-state index contributed by atoms with van der Waals surface area (Å²) < 4.78 is 23.6. The van der Waals surface area contributed by atoms with Crippen molar-refractivity contribution in [3.8, 4) is 0 Å². The van der Waals surface area contributed by atoms with E-state index in [0.717, 1.165) is 38.8 Å². The first-order valence-corrected chi connectivity index (χ1v) is 11.4. The second-order valence-corrected chi connectivity index (χ2v) is 9.74. The summed E-state index contributed by atoms with van der Waals surface area (Å²) in [6.45, 7) is 9.65. The number of morpholine rings is 1. The molecule has 5 heterocycles. The van der Waals surface area contributed by atoms with Crippen molar-refractivity contribution < 1.29 is 33.5 Å². The van der Waals surface area contributed by atoms with Gasteiger partial charge in [-0.25, -0.2) is 14.6 Å². The van der Waals surface area contributed by atoms with E-state index in [1.165, 1.54) is 0 Å². The molecule has 1 N–H and O–H groups in total. The van der Waals surface area contributed by atoms with Gasteiger partial charge >= 0.3 is 6.09 Å². The minimum atomic E-state index is -0.832. The summed E-state index contributed by atoms with van der Waals surface area (Å²) in [6, 6.07) is 0. The molecule has 6 aliphatic rings. The molecule has 6 fully saturated rings. The Morgan fingerprint density at radius 1 is 1.13 bits per heavy atom. The number of nitrogens with zero attached hydrogens (tertiary/aromatic N) is 1. The molecule has 9 heteroatoms. The number of nitrogens with one attached hydrogen (secondary N) is 1. The predicted molar refractivity (Wildman–Crippen MR) is 104 cm³/mol. The van der Waals surface area contributed by atoms with E-state index in [4.69, 9.17) is 28.7 Å². The molecule has 5 aliphatic heterocycles. The number of hydrogen-bond donors (Lipinski definition) is 1. The molecule has 2 unspecified atom stereocenters. The Balaban J connectivity index is 1.29. The molecular weight excluding hydrogens is 392 g/mol. The maximum absolute atomic E-state index is 12.5. The molecule has 0 aromatic rings. The maximum Gasteiger partial charge on any atom is 0.410 e. The van der Waals surface area contributed by atoms with Crippen molar-refractivity contribution in [3.05, 3.63) is 0 Å². The summed E-state index contributed by atoms with van der Waals surface area (Å²) in [6.07, 6.45) is 2.06. The maximum atomic E-state index is 12.5. The van der Waals surface area contributed by atoms with Crippen molar-refractivity contribution in [1.29, 1.82) is 0 Å². The van der Waals surface area contributed by atoms with E-state index in [-0.39, 0.29) is 11.8 Å². The van der Waals surface area contributed by atoms with Gasteiger partial charge in [0.05, 0.1) is 19.9 Å². The van der Waals surface area contributed by atoms with E-state index in [0.29, 0.717) is 31.7 Å². The molecule has 0 aromatic heterocycles. The Bertz CT molecular complexity index is 659. The summed E-state index contributed by atoms with van der Waals surface area (Å²) in [5, 5.41) is 2.84. The van der Waals surface area contributed by atoms with Gasteiger partial charge in [-0.3, -0.25) is 4.90 Å². The molecule has 1 saturated carbocycles. The highest BCUT2D eigenvalue weighted by molar-refractivity contribution is 5.67. The van der Waals surface area contributed by atoms with Gasteiger partial charge in [-0.2, -0.15) is 0 Å². The molecule has 0 aromatic carbocycles. The van der Waals surface area contributed by atoms with Crippen LogP contribution >= 0.6 is 0 Å². The highest BCUT2D eigenvalue weighted by atomic mass is 17.3. The zero-order chi connectivity index (χ0) is 20.9. The number of fused-ring (bicyclic) bond motifs is 2. The quantitative estimate of drug-likeness (QED) is 0.688. The standard InChI is InChI=1S/C21H34N2O7/c1-13-4-5-16-14(2)17(27-19(24)22-12-23-8-10-25-11-9-23)26-18-21(16)15(13)6-7-20(3,28-18)29-30-21/h13-18H,4-12H2,1-3H3,(H,22,24)/t13-,14-,15+,16+,17?,18-,20+,21?/m1/s1. The normalized spacial score (nSPS) is 48.5. The lowest BCUT2D eigenvalue weighted by Gasteiger charge is -2.59. The van der Waals surface area contributed by atoms with Crippen molar-refractivity contribution in [1.82, 2.24) is 10.2 Å². The molecule has 170 valence electrons. The Morgan fingerprint density at radius 3 is 2.73 bits per heavy atom. The van der Waals surface area contributed by atoms with Crippen LogP contribution in [0.5, 0.6) is 0 Å². The smallest absolute Gasteiger partial charge is 0.410 e. The van der Waals surface area contributed by atoms with Crippen LogP contribution in [-0.4, -0.2) is 67.9 Å². The Morgan fingerprint density at radius 2 is 1.93 bits per heavy atom. The average molecular weight is 427 g/mol. The van der Waals surface area contributed by atoms with Crippen LogP contribution in [0.2, 0.25) is 0 Å². The van der Waals surface area contributed by atoms with Crippen LogP contribution in [0.4, 0.5) is 4.79 Å². The third-order valence-electron chi connectivity index (χ3n) is 7.87. The SMILES string of the molecule is C[C@@H]1CC[C@H]2[C@@H](C)C(OC(=O)NCN3CCOCC3)O[C@@H]3O[C@]4(C)CC[C@@H]1C32OO4. The van der Waals surface area contributed by atoms with Crippen LogP contribution in [0, 0.1) is 23.7 Å². The van der Waals surface area contributed by atoms with Crippen LogP contribution < -0.4 is 5.32 Å². The summed E-state index contributed by atoms with van der Waals surface area (Å²) in [4.78, 5) is 26.6. The van der Waals surface area contributed by atoms with Crippen molar-refractivity contribution in [2.45, 2.75) is 70.4 Å². The molecule has 9 nitrogen and oxygen atoms in total. The molecule has 30 heavy (non-hydrogen) atoms. The largest absolute Gasteiger partial charge is 0.419 e. The van der Waals surface area contributed by atoms with E-state index < -0.39 is 30.1 Å². The minimum Gasteiger partial charge on any atom is -0.419 e. The number of amides is 1. The first-order valence-electron chi connectivity index (χ1n) is 11.4. The van der Waals surface area contributed by atoms with Gasteiger partial charge in [0.2, 0.25) is 12.1 Å². The van der Waals surface area contributed by atoms with Crippen LogP contribution in [0.1, 0.15) is 46.5 Å². The second kappa shape index (κ2) is 7.86. The van der Waals surface area contributed by atoms with E-state index in [2.05, 4.69) is 24.1 Å². The topological polar surface area (TPSA) is 87.7 Å². The van der Waals surface area contributed by atoms with Crippen LogP contribution in [0.15, 0.2) is 0 Å². The molecule has 2 bridgehead atoms. The van der Waals surface area contributed by atoms with E-state index >= 15 is 0 Å². The Labute approximate surface area is 177 Å². The Hall–Kier alpha value is -0.970. The van der Waals surface area contributed by atoms with Crippen molar-refractivity contribution in [2.24, 2.45) is 23.7 Å². The number of rotatable bonds is 3. The molecule has 6 rings (SSSR count). The fourth-order valence-electron chi connectivity index (χ4n) is 6.09. The number of carbonyl (C=O) groups excluding carboxylic acids is 1. The van der Waals surface area contributed by atoms with Gasteiger partial charge in [-0.1, -0.05) is 13.8 Å². The number of ether oxygens (including phenoxy) is 4. The number of alkyl carbamates (subject to hydrolysis) is 1. The van der Waals surface area contributed by atoms with E-state index in [9.17, 15) is 4.79 Å². The number of carbonyl (C=O) groups is 1. The Kier molecular flexibility index (Phi) is 5.48. The van der Waals surface area contributed by atoms with Crippen LogP contribution in [-0.2, 0) is 28.7 Å². The zero-order valence-electron chi connectivity index (χ0n) is 18.1.